The number of rotatable bonds is 6. The maximum absolute atomic E-state index is 13.0. The topological polar surface area (TPSA) is 96.6 Å². The van der Waals surface area contributed by atoms with Crippen LogP contribution in [0.5, 0.6) is 0 Å². The summed E-state index contributed by atoms with van der Waals surface area (Å²) >= 11 is 5.77. The van der Waals surface area contributed by atoms with Crippen LogP contribution in [-0.2, 0) is 10.0 Å². The Morgan fingerprint density at radius 2 is 2.00 bits per heavy atom. The highest BCUT2D eigenvalue weighted by Gasteiger charge is 2.18. The van der Waals surface area contributed by atoms with Crippen molar-refractivity contribution in [1.29, 1.82) is 0 Å². The molecule has 2 rings (SSSR count). The van der Waals surface area contributed by atoms with E-state index < -0.39 is 15.8 Å². The molecule has 0 spiro atoms. The van der Waals surface area contributed by atoms with Crippen LogP contribution in [0.4, 0.5) is 4.39 Å². The van der Waals surface area contributed by atoms with Gasteiger partial charge in [0, 0.05) is 12.6 Å². The van der Waals surface area contributed by atoms with Crippen molar-refractivity contribution in [2.24, 2.45) is 10.7 Å². The molecule has 25 heavy (non-hydrogen) atoms. The number of benzene rings is 1. The second kappa shape index (κ2) is 10.5. The number of aliphatic imine (C=N–C) groups is 1. The average Bonchev–Trinajstić information content (AvgIpc) is 2.52. The van der Waals surface area contributed by atoms with Gasteiger partial charge in [0.15, 0.2) is 5.96 Å². The Labute approximate surface area is 169 Å². The van der Waals surface area contributed by atoms with Crippen molar-refractivity contribution in [2.45, 2.75) is 43.0 Å². The van der Waals surface area contributed by atoms with Crippen LogP contribution in [0.3, 0.4) is 0 Å². The second-order valence-electron chi connectivity index (χ2n) is 5.72. The summed E-state index contributed by atoms with van der Waals surface area (Å²) < 4.78 is 39.6. The van der Waals surface area contributed by atoms with E-state index in [9.17, 15) is 12.8 Å². The summed E-state index contributed by atoms with van der Waals surface area (Å²) in [7, 11) is -3.81. The van der Waals surface area contributed by atoms with Crippen LogP contribution in [0, 0.1) is 5.82 Å². The Morgan fingerprint density at radius 1 is 1.32 bits per heavy atom. The normalized spacial score (nSPS) is 16.3. The summed E-state index contributed by atoms with van der Waals surface area (Å²) in [4.78, 5) is 3.95. The van der Waals surface area contributed by atoms with Gasteiger partial charge in [0.1, 0.15) is 10.7 Å². The van der Waals surface area contributed by atoms with Crippen molar-refractivity contribution in [3.05, 3.63) is 29.0 Å². The van der Waals surface area contributed by atoms with Crippen LogP contribution in [0.25, 0.3) is 0 Å². The number of nitrogens with one attached hydrogen (secondary N) is 2. The Bertz CT molecular complexity index is 697. The summed E-state index contributed by atoms with van der Waals surface area (Å²) in [6, 6.07) is 3.48. The van der Waals surface area contributed by atoms with Crippen molar-refractivity contribution in [3.63, 3.8) is 0 Å². The first-order chi connectivity index (χ1) is 11.4. The zero-order valence-corrected chi connectivity index (χ0v) is 17.6. The Morgan fingerprint density at radius 3 is 2.64 bits per heavy atom. The molecule has 1 saturated carbocycles. The number of hydrogen-bond donors (Lipinski definition) is 3. The lowest BCUT2D eigenvalue weighted by atomic mass is 9.96. The smallest absolute Gasteiger partial charge is 0.242 e. The fraction of sp³-hybridized carbons (Fsp3) is 0.533. The monoisotopic (exact) mass is 504 g/mol. The molecule has 0 atom stereocenters. The highest BCUT2D eigenvalue weighted by Crippen LogP contribution is 2.21. The van der Waals surface area contributed by atoms with Crippen LogP contribution < -0.4 is 15.8 Å². The molecule has 1 aliphatic rings. The van der Waals surface area contributed by atoms with E-state index >= 15 is 0 Å². The molecule has 0 heterocycles. The van der Waals surface area contributed by atoms with Gasteiger partial charge in [0.25, 0.3) is 0 Å². The lowest BCUT2D eigenvalue weighted by Gasteiger charge is -2.23. The van der Waals surface area contributed by atoms with Gasteiger partial charge in [0.05, 0.1) is 11.6 Å². The van der Waals surface area contributed by atoms with Crippen molar-refractivity contribution in [1.82, 2.24) is 10.0 Å². The van der Waals surface area contributed by atoms with Crippen LogP contribution in [-0.4, -0.2) is 33.5 Å². The molecule has 1 fully saturated rings. The Hall–Kier alpha value is -0.650. The molecule has 10 heteroatoms. The first kappa shape index (κ1) is 22.4. The summed E-state index contributed by atoms with van der Waals surface area (Å²) in [5.74, 6) is -0.272. The predicted molar refractivity (Wildman–Crippen MR) is 109 cm³/mol. The van der Waals surface area contributed by atoms with Crippen molar-refractivity contribution < 1.29 is 12.8 Å². The van der Waals surface area contributed by atoms with Crippen molar-refractivity contribution in [2.75, 3.05) is 13.1 Å². The van der Waals surface area contributed by atoms with Gasteiger partial charge in [0.2, 0.25) is 10.0 Å². The summed E-state index contributed by atoms with van der Waals surface area (Å²) in [6.45, 7) is 0.271. The first-order valence-corrected chi connectivity index (χ1v) is 9.76. The average molecular weight is 505 g/mol. The van der Waals surface area contributed by atoms with E-state index in [1.807, 2.05) is 0 Å². The molecule has 0 aromatic heterocycles. The first-order valence-electron chi connectivity index (χ1n) is 7.89. The minimum absolute atomic E-state index is 0. The predicted octanol–water partition coefficient (Wildman–Crippen LogP) is 2.61. The van der Waals surface area contributed by atoms with Gasteiger partial charge >= 0.3 is 0 Å². The summed E-state index contributed by atoms with van der Waals surface area (Å²) in [5.41, 5.74) is 5.81. The number of halogens is 3. The van der Waals surface area contributed by atoms with Gasteiger partial charge in [-0.1, -0.05) is 30.9 Å². The van der Waals surface area contributed by atoms with E-state index in [1.54, 1.807) is 0 Å². The lowest BCUT2D eigenvalue weighted by molar-refractivity contribution is 0.412. The molecular weight excluding hydrogens is 482 g/mol. The molecule has 1 aromatic rings. The quantitative estimate of drug-likeness (QED) is 0.240. The van der Waals surface area contributed by atoms with E-state index in [1.165, 1.54) is 19.3 Å². The molecule has 4 N–H and O–H groups in total. The zero-order chi connectivity index (χ0) is 17.6. The van der Waals surface area contributed by atoms with E-state index in [4.69, 9.17) is 17.3 Å². The molecular formula is C15H23ClFIN4O2S. The summed E-state index contributed by atoms with van der Waals surface area (Å²) in [5, 5.41) is 2.99. The van der Waals surface area contributed by atoms with Crippen LogP contribution in [0.1, 0.15) is 32.1 Å². The molecule has 6 nitrogen and oxygen atoms in total. The van der Waals surface area contributed by atoms with Gasteiger partial charge in [-0.15, -0.1) is 24.0 Å². The standard InChI is InChI=1S/C15H22ClFN4O2S.HI/c16-13-10-11(17)6-7-14(13)24(22,23)20-9-8-19-15(18)21-12-4-2-1-3-5-12;/h6-7,10,12,20H,1-5,8-9H2,(H3,18,19,21);1H. The van der Waals surface area contributed by atoms with E-state index in [-0.39, 0.29) is 47.0 Å². The Kier molecular flexibility index (Phi) is 9.39. The molecule has 0 unspecified atom stereocenters. The molecule has 1 aromatic carbocycles. The minimum Gasteiger partial charge on any atom is -0.370 e. The molecule has 0 aliphatic heterocycles. The van der Waals surface area contributed by atoms with E-state index in [0.29, 0.717) is 12.0 Å². The third-order valence-corrected chi connectivity index (χ3v) is 5.77. The fourth-order valence-electron chi connectivity index (χ4n) is 2.63. The van der Waals surface area contributed by atoms with Crippen molar-refractivity contribution >= 4 is 51.6 Å². The molecule has 0 radical (unpaired) electrons. The number of nitrogens with zero attached hydrogens (tertiary/aromatic N) is 1. The summed E-state index contributed by atoms with van der Waals surface area (Å²) in [6.07, 6.45) is 5.77. The SMILES string of the molecule is I.NC(=NCCNS(=O)(=O)c1ccc(F)cc1Cl)NC1CCCCC1. The van der Waals surface area contributed by atoms with Crippen LogP contribution in [0.15, 0.2) is 28.1 Å². The molecule has 0 bridgehead atoms. The largest absolute Gasteiger partial charge is 0.370 e. The Balaban J connectivity index is 0.00000312. The fourth-order valence-corrected chi connectivity index (χ4v) is 4.18. The highest BCUT2D eigenvalue weighted by atomic mass is 127. The molecule has 0 amide bonds. The molecule has 142 valence electrons. The highest BCUT2D eigenvalue weighted by molar-refractivity contribution is 14.0. The van der Waals surface area contributed by atoms with Gasteiger partial charge in [-0.25, -0.2) is 17.5 Å². The van der Waals surface area contributed by atoms with Crippen molar-refractivity contribution in [3.8, 4) is 0 Å². The third kappa shape index (κ3) is 7.24. The number of guanidine groups is 1. The maximum Gasteiger partial charge on any atom is 0.242 e. The van der Waals surface area contributed by atoms with Gasteiger partial charge in [-0.3, -0.25) is 4.99 Å². The number of sulfonamides is 1. The zero-order valence-electron chi connectivity index (χ0n) is 13.7. The minimum atomic E-state index is -3.81. The van der Waals surface area contributed by atoms with Gasteiger partial charge in [-0.05, 0) is 31.0 Å². The second-order valence-corrected chi connectivity index (χ2v) is 7.86. The molecule has 0 saturated heterocycles. The maximum atomic E-state index is 13.0. The number of nitrogens with two attached hydrogens (primary N) is 1. The van der Waals surface area contributed by atoms with Crippen LogP contribution in [0.2, 0.25) is 5.02 Å². The van der Waals surface area contributed by atoms with Gasteiger partial charge < -0.3 is 11.1 Å². The van der Waals surface area contributed by atoms with E-state index in [2.05, 4.69) is 15.0 Å². The van der Waals surface area contributed by atoms with Gasteiger partial charge in [-0.2, -0.15) is 0 Å². The number of hydrogen-bond acceptors (Lipinski definition) is 3. The van der Waals surface area contributed by atoms with Crippen LogP contribution >= 0.6 is 35.6 Å². The van der Waals surface area contributed by atoms with E-state index in [0.717, 1.165) is 31.0 Å². The molecule has 1 aliphatic carbocycles. The third-order valence-electron chi connectivity index (χ3n) is 3.83. The lowest BCUT2D eigenvalue weighted by Crippen LogP contribution is -2.41.